The largest absolute Gasteiger partial charge is 0.478 e. The van der Waals surface area contributed by atoms with Crippen molar-refractivity contribution in [1.82, 2.24) is 5.32 Å². The number of nitrogens with one attached hydrogen (secondary N) is 1. The zero-order chi connectivity index (χ0) is 14.4. The molecule has 2 N–H and O–H groups in total. The van der Waals surface area contributed by atoms with E-state index in [0.29, 0.717) is 11.5 Å². The summed E-state index contributed by atoms with van der Waals surface area (Å²) in [5.41, 5.74) is 0.415. The van der Waals surface area contributed by atoms with E-state index in [9.17, 15) is 9.59 Å². The van der Waals surface area contributed by atoms with Gasteiger partial charge in [0.05, 0.1) is 0 Å². The molecule has 0 aromatic carbocycles. The van der Waals surface area contributed by atoms with Crippen LogP contribution >= 0.6 is 0 Å². The fourth-order valence-electron chi connectivity index (χ4n) is 2.57. The predicted molar refractivity (Wildman–Crippen MR) is 74.8 cm³/mol. The number of hydrogen-bond acceptors (Lipinski definition) is 2. The number of carboxylic acids is 1. The average Bonchev–Trinajstić information content (AvgIpc) is 2.65. The van der Waals surface area contributed by atoms with Crippen molar-refractivity contribution in [1.29, 1.82) is 0 Å². The van der Waals surface area contributed by atoms with E-state index in [1.165, 1.54) is 32.6 Å². The van der Waals surface area contributed by atoms with E-state index in [4.69, 9.17) is 5.11 Å². The monoisotopic (exact) mass is 267 g/mol. The topological polar surface area (TPSA) is 66.4 Å². The molecule has 0 radical (unpaired) electrons. The zero-order valence-electron chi connectivity index (χ0n) is 12.2. The molecule has 19 heavy (non-hydrogen) atoms. The molecule has 0 bridgehead atoms. The van der Waals surface area contributed by atoms with Gasteiger partial charge in [-0.1, -0.05) is 25.7 Å². The van der Waals surface area contributed by atoms with Crippen molar-refractivity contribution in [2.24, 2.45) is 5.92 Å². The van der Waals surface area contributed by atoms with Crippen LogP contribution in [0, 0.1) is 5.92 Å². The Hall–Kier alpha value is -1.32. The molecule has 0 aromatic rings. The van der Waals surface area contributed by atoms with Crippen molar-refractivity contribution in [2.45, 2.75) is 65.3 Å². The van der Waals surface area contributed by atoms with Crippen LogP contribution in [0.1, 0.15) is 59.3 Å². The zero-order valence-corrected chi connectivity index (χ0v) is 12.2. The normalized spacial score (nSPS) is 20.2. The van der Waals surface area contributed by atoms with Gasteiger partial charge in [-0.05, 0) is 39.5 Å². The Balaban J connectivity index is 2.60. The third kappa shape index (κ3) is 4.69. The Morgan fingerprint density at radius 3 is 2.05 bits per heavy atom. The first-order valence-corrected chi connectivity index (χ1v) is 7.15. The number of carbonyl (C=O) groups is 2. The summed E-state index contributed by atoms with van der Waals surface area (Å²) >= 11 is 0. The molecule has 1 aliphatic carbocycles. The molecule has 108 valence electrons. The highest BCUT2D eigenvalue weighted by molar-refractivity contribution is 6.01. The van der Waals surface area contributed by atoms with Crippen LogP contribution in [0.15, 0.2) is 11.1 Å². The van der Waals surface area contributed by atoms with Crippen LogP contribution in [-0.4, -0.2) is 23.0 Å². The van der Waals surface area contributed by atoms with Crippen molar-refractivity contribution in [3.63, 3.8) is 0 Å². The summed E-state index contributed by atoms with van der Waals surface area (Å²) in [6.45, 7) is 5.06. The number of hydrogen-bond donors (Lipinski definition) is 2. The van der Waals surface area contributed by atoms with E-state index >= 15 is 0 Å². The molecule has 0 aliphatic heterocycles. The maximum Gasteiger partial charge on any atom is 0.331 e. The first-order valence-electron chi connectivity index (χ1n) is 7.15. The molecular formula is C15H25NO3. The summed E-state index contributed by atoms with van der Waals surface area (Å²) in [7, 11) is 0. The number of aliphatic carboxylic acids is 1. The van der Waals surface area contributed by atoms with E-state index in [2.05, 4.69) is 5.32 Å². The molecule has 0 spiro atoms. The van der Waals surface area contributed by atoms with Crippen molar-refractivity contribution in [3.8, 4) is 0 Å². The number of carbonyl (C=O) groups excluding carboxylic acids is 1. The highest BCUT2D eigenvalue weighted by Crippen LogP contribution is 2.25. The van der Waals surface area contributed by atoms with Crippen LogP contribution in [0.3, 0.4) is 0 Å². The van der Waals surface area contributed by atoms with Crippen LogP contribution in [0.25, 0.3) is 0 Å². The minimum atomic E-state index is -1.03. The average molecular weight is 267 g/mol. The third-order valence-corrected chi connectivity index (χ3v) is 4.19. The fourth-order valence-corrected chi connectivity index (χ4v) is 2.57. The molecule has 4 nitrogen and oxygen atoms in total. The first-order chi connectivity index (χ1) is 8.93. The molecule has 0 saturated heterocycles. The van der Waals surface area contributed by atoms with Gasteiger partial charge in [0.1, 0.15) is 0 Å². The summed E-state index contributed by atoms with van der Waals surface area (Å²) in [5, 5.41) is 11.8. The Morgan fingerprint density at radius 1 is 1.05 bits per heavy atom. The fraction of sp³-hybridized carbons (Fsp3) is 0.733. The first kappa shape index (κ1) is 15.7. The Kier molecular flexibility index (Phi) is 6.06. The summed E-state index contributed by atoms with van der Waals surface area (Å²) in [5.74, 6) is -0.768. The van der Waals surface area contributed by atoms with Gasteiger partial charge in [0.15, 0.2) is 0 Å². The van der Waals surface area contributed by atoms with E-state index in [0.717, 1.165) is 12.8 Å². The van der Waals surface area contributed by atoms with Crippen molar-refractivity contribution < 1.29 is 14.7 Å². The molecule has 0 aromatic heterocycles. The molecule has 1 fully saturated rings. The smallest absolute Gasteiger partial charge is 0.331 e. The molecule has 1 rings (SSSR count). The number of amides is 1. The maximum atomic E-state index is 12.0. The van der Waals surface area contributed by atoms with E-state index < -0.39 is 5.97 Å². The number of rotatable bonds is 4. The molecule has 1 saturated carbocycles. The third-order valence-electron chi connectivity index (χ3n) is 4.19. The van der Waals surface area contributed by atoms with Crippen molar-refractivity contribution >= 4 is 11.9 Å². The summed E-state index contributed by atoms with van der Waals surface area (Å²) in [4.78, 5) is 22.8. The van der Waals surface area contributed by atoms with Gasteiger partial charge in [0.2, 0.25) is 5.91 Å². The van der Waals surface area contributed by atoms with Gasteiger partial charge in [-0.2, -0.15) is 0 Å². The summed E-state index contributed by atoms with van der Waals surface area (Å²) in [6, 6.07) is 0.113. The second-order valence-corrected chi connectivity index (χ2v) is 5.57. The van der Waals surface area contributed by atoms with Crippen LogP contribution in [0.4, 0.5) is 0 Å². The van der Waals surface area contributed by atoms with Gasteiger partial charge in [-0.3, -0.25) is 4.79 Å². The lowest BCUT2D eigenvalue weighted by atomic mass is 9.92. The maximum absolute atomic E-state index is 12.0. The molecule has 1 atom stereocenters. The SMILES string of the molecule is CC(C(=O)O)=C(C)C(=O)N[C@H](C)C1CCCCCC1. The van der Waals surface area contributed by atoms with Gasteiger partial charge >= 0.3 is 5.97 Å². The van der Waals surface area contributed by atoms with Crippen LogP contribution < -0.4 is 5.32 Å². The summed E-state index contributed by atoms with van der Waals surface area (Å²) in [6.07, 6.45) is 7.34. The second kappa shape index (κ2) is 7.31. The standard InChI is InChI=1S/C15H25NO3/c1-10(11(2)15(18)19)14(17)16-12(3)13-8-6-4-5-7-9-13/h12-13H,4-9H2,1-3H3,(H,16,17)(H,18,19)/t12-/m1/s1. The molecule has 0 heterocycles. The lowest BCUT2D eigenvalue weighted by Gasteiger charge is -2.24. The lowest BCUT2D eigenvalue weighted by molar-refractivity contribution is -0.133. The van der Waals surface area contributed by atoms with Gasteiger partial charge in [-0.15, -0.1) is 0 Å². The van der Waals surface area contributed by atoms with Crippen molar-refractivity contribution in [2.75, 3.05) is 0 Å². The lowest BCUT2D eigenvalue weighted by Crippen LogP contribution is -2.38. The molecule has 4 heteroatoms. The van der Waals surface area contributed by atoms with Crippen LogP contribution in [0.2, 0.25) is 0 Å². The Bertz CT molecular complexity index is 366. The number of carboxylic acid groups (broad SMARTS) is 1. The highest BCUT2D eigenvalue weighted by atomic mass is 16.4. The minimum Gasteiger partial charge on any atom is -0.478 e. The second-order valence-electron chi connectivity index (χ2n) is 5.57. The predicted octanol–water partition coefficient (Wildman–Crippen LogP) is 2.88. The molecule has 0 unspecified atom stereocenters. The molecular weight excluding hydrogens is 242 g/mol. The van der Waals surface area contributed by atoms with Gasteiger partial charge < -0.3 is 10.4 Å². The Morgan fingerprint density at radius 2 is 1.58 bits per heavy atom. The minimum absolute atomic E-state index is 0.113. The summed E-state index contributed by atoms with van der Waals surface area (Å²) < 4.78 is 0. The van der Waals surface area contributed by atoms with Gasteiger partial charge in [0.25, 0.3) is 0 Å². The van der Waals surface area contributed by atoms with Gasteiger partial charge in [0, 0.05) is 17.2 Å². The Labute approximate surface area is 115 Å². The van der Waals surface area contributed by atoms with E-state index in [1.54, 1.807) is 6.92 Å². The quantitative estimate of drug-likeness (QED) is 0.608. The van der Waals surface area contributed by atoms with Gasteiger partial charge in [-0.25, -0.2) is 4.79 Å². The molecule has 1 amide bonds. The highest BCUT2D eigenvalue weighted by Gasteiger charge is 2.22. The van der Waals surface area contributed by atoms with E-state index in [-0.39, 0.29) is 17.5 Å². The van der Waals surface area contributed by atoms with Crippen LogP contribution in [-0.2, 0) is 9.59 Å². The van der Waals surface area contributed by atoms with Crippen LogP contribution in [0.5, 0.6) is 0 Å². The van der Waals surface area contributed by atoms with Crippen molar-refractivity contribution in [3.05, 3.63) is 11.1 Å². The molecule has 1 aliphatic rings. The van der Waals surface area contributed by atoms with E-state index in [1.807, 2.05) is 6.92 Å².